The van der Waals surface area contributed by atoms with Crippen molar-refractivity contribution in [3.05, 3.63) is 70.3 Å². The molecule has 0 radical (unpaired) electrons. The van der Waals surface area contributed by atoms with Gasteiger partial charge < -0.3 is 14.8 Å². The van der Waals surface area contributed by atoms with Gasteiger partial charge in [-0.15, -0.1) is 0 Å². The number of ether oxygens (including phenoxy) is 2. The molecular formula is C20H17FN4O6S. The van der Waals surface area contributed by atoms with Crippen molar-refractivity contribution in [2.75, 3.05) is 25.3 Å². The third kappa shape index (κ3) is 5.03. The Morgan fingerprint density at radius 2 is 1.97 bits per heavy atom. The van der Waals surface area contributed by atoms with Crippen LogP contribution >= 0.6 is 11.8 Å². The number of carbonyl (C=O) groups excluding carboxylic acids is 2. The Morgan fingerprint density at radius 1 is 1.25 bits per heavy atom. The highest BCUT2D eigenvalue weighted by Gasteiger charge is 2.21. The number of hydrogen-bond donors (Lipinski definition) is 1. The van der Waals surface area contributed by atoms with Gasteiger partial charge in [0.15, 0.2) is 17.5 Å². The largest absolute Gasteiger partial charge is 0.496 e. The zero-order chi connectivity index (χ0) is 23.3. The molecule has 3 rings (SSSR count). The van der Waals surface area contributed by atoms with Crippen LogP contribution in [-0.4, -0.2) is 46.3 Å². The zero-order valence-electron chi connectivity index (χ0n) is 16.9. The van der Waals surface area contributed by atoms with E-state index in [1.165, 1.54) is 66.0 Å². The quantitative estimate of drug-likeness (QED) is 0.235. The fraction of sp³-hybridized carbons (Fsp3) is 0.150. The summed E-state index contributed by atoms with van der Waals surface area (Å²) in [5.41, 5.74) is 0.0728. The van der Waals surface area contributed by atoms with Gasteiger partial charge in [-0.3, -0.25) is 19.5 Å². The highest BCUT2D eigenvalue weighted by Crippen LogP contribution is 2.29. The molecule has 166 valence electrons. The number of methoxy groups -OCH3 is 1. The molecule has 1 N–H and O–H groups in total. The Kier molecular flexibility index (Phi) is 7.05. The van der Waals surface area contributed by atoms with E-state index in [4.69, 9.17) is 9.47 Å². The van der Waals surface area contributed by atoms with Crippen LogP contribution in [0.4, 0.5) is 15.8 Å². The predicted molar refractivity (Wildman–Crippen MR) is 114 cm³/mol. The lowest BCUT2D eigenvalue weighted by Gasteiger charge is -2.11. The van der Waals surface area contributed by atoms with Crippen molar-refractivity contribution in [1.29, 1.82) is 0 Å². The van der Waals surface area contributed by atoms with Gasteiger partial charge in [0.2, 0.25) is 0 Å². The van der Waals surface area contributed by atoms with Crippen molar-refractivity contribution in [2.45, 2.75) is 5.16 Å². The second-order valence-electron chi connectivity index (χ2n) is 6.21. The van der Waals surface area contributed by atoms with Crippen LogP contribution in [0.25, 0.3) is 5.69 Å². The number of benzene rings is 2. The molecule has 1 aromatic heterocycles. The third-order valence-electron chi connectivity index (χ3n) is 4.22. The first-order valence-corrected chi connectivity index (χ1v) is 10.2. The molecule has 0 saturated carbocycles. The van der Waals surface area contributed by atoms with Gasteiger partial charge in [-0.1, -0.05) is 11.8 Å². The summed E-state index contributed by atoms with van der Waals surface area (Å²) in [6, 6.07) is 9.34. The summed E-state index contributed by atoms with van der Waals surface area (Å²) >= 11 is 1.26. The average molecular weight is 460 g/mol. The molecule has 12 heteroatoms. The van der Waals surface area contributed by atoms with Crippen molar-refractivity contribution in [2.24, 2.45) is 0 Å². The maximum Gasteiger partial charge on any atom is 0.357 e. The zero-order valence-corrected chi connectivity index (χ0v) is 17.7. The molecule has 0 aliphatic heterocycles. The number of esters is 1. The molecule has 0 aliphatic carbocycles. The summed E-state index contributed by atoms with van der Waals surface area (Å²) in [5, 5.41) is 14.0. The number of thioether (sulfide) groups is 1. The van der Waals surface area contributed by atoms with Crippen molar-refractivity contribution in [1.82, 2.24) is 9.55 Å². The number of amides is 1. The number of nitro groups is 1. The molecule has 0 unspecified atom stereocenters. The van der Waals surface area contributed by atoms with Crippen LogP contribution in [-0.2, 0) is 9.53 Å². The molecule has 0 bridgehead atoms. The van der Waals surface area contributed by atoms with Gasteiger partial charge in [0.25, 0.3) is 11.6 Å². The first kappa shape index (κ1) is 22.7. The predicted octanol–water partition coefficient (Wildman–Crippen LogP) is 3.45. The maximum atomic E-state index is 13.3. The molecule has 0 fully saturated rings. The van der Waals surface area contributed by atoms with Gasteiger partial charge in [0.05, 0.1) is 24.3 Å². The first-order valence-electron chi connectivity index (χ1n) is 9.01. The van der Waals surface area contributed by atoms with Crippen LogP contribution in [0.5, 0.6) is 5.75 Å². The molecule has 0 spiro atoms. The smallest absolute Gasteiger partial charge is 0.357 e. The fourth-order valence-corrected chi connectivity index (χ4v) is 3.29. The summed E-state index contributed by atoms with van der Waals surface area (Å²) in [6.07, 6.45) is 3.04. The van der Waals surface area contributed by atoms with Gasteiger partial charge in [0, 0.05) is 5.69 Å². The normalized spacial score (nSPS) is 10.5. The SMILES string of the molecule is COc1ccc(NC(=O)COC(=O)c2cnc(SC)n2-c2ccc(F)cc2)c([N+](=O)[O-])c1. The topological polar surface area (TPSA) is 126 Å². The maximum absolute atomic E-state index is 13.3. The lowest BCUT2D eigenvalue weighted by molar-refractivity contribution is -0.384. The first-order chi connectivity index (χ1) is 15.3. The minimum absolute atomic E-state index is 0.0317. The highest BCUT2D eigenvalue weighted by molar-refractivity contribution is 7.98. The number of nitrogens with one attached hydrogen (secondary N) is 1. The fourth-order valence-electron chi connectivity index (χ4n) is 2.75. The summed E-state index contributed by atoms with van der Waals surface area (Å²) in [4.78, 5) is 39.5. The van der Waals surface area contributed by atoms with Crippen LogP contribution in [0.1, 0.15) is 10.5 Å². The Hall–Kier alpha value is -3.93. The molecule has 0 saturated heterocycles. The standard InChI is InChI=1S/C20H17FN4O6S/c1-30-14-7-8-15(16(9-14)25(28)29)23-18(26)11-31-19(27)17-10-22-20(32-2)24(17)13-5-3-12(21)4-6-13/h3-10H,11H2,1-2H3,(H,23,26). The number of halogens is 1. The minimum atomic E-state index is -0.846. The Morgan fingerprint density at radius 3 is 2.59 bits per heavy atom. The van der Waals surface area contributed by atoms with E-state index in [-0.39, 0.29) is 22.8 Å². The van der Waals surface area contributed by atoms with E-state index in [2.05, 4.69) is 10.3 Å². The molecule has 1 amide bonds. The number of nitro benzene ring substituents is 1. The van der Waals surface area contributed by atoms with E-state index >= 15 is 0 Å². The summed E-state index contributed by atoms with van der Waals surface area (Å²) in [7, 11) is 1.36. The van der Waals surface area contributed by atoms with Crippen LogP contribution in [0.15, 0.2) is 53.8 Å². The van der Waals surface area contributed by atoms with Gasteiger partial charge in [-0.2, -0.15) is 0 Å². The minimum Gasteiger partial charge on any atom is -0.496 e. The molecule has 1 heterocycles. The second-order valence-corrected chi connectivity index (χ2v) is 6.98. The Labute approximate surface area is 185 Å². The van der Waals surface area contributed by atoms with Crippen LogP contribution < -0.4 is 10.1 Å². The third-order valence-corrected chi connectivity index (χ3v) is 4.87. The van der Waals surface area contributed by atoms with Crippen LogP contribution in [0.3, 0.4) is 0 Å². The highest BCUT2D eigenvalue weighted by atomic mass is 32.2. The summed E-state index contributed by atoms with van der Waals surface area (Å²) in [5.74, 6) is -1.81. The number of rotatable bonds is 8. The molecule has 0 atom stereocenters. The summed E-state index contributed by atoms with van der Waals surface area (Å²) in [6.45, 7) is -0.689. The van der Waals surface area contributed by atoms with Gasteiger partial charge in [-0.05, 0) is 42.7 Å². The number of imidazole rings is 1. The van der Waals surface area contributed by atoms with E-state index in [1.54, 1.807) is 6.26 Å². The van der Waals surface area contributed by atoms with E-state index in [1.807, 2.05) is 0 Å². The molecular weight excluding hydrogens is 443 g/mol. The van der Waals surface area contributed by atoms with Crippen molar-refractivity contribution in [3.63, 3.8) is 0 Å². The van der Waals surface area contributed by atoms with E-state index in [9.17, 15) is 24.1 Å². The number of aromatic nitrogens is 2. The van der Waals surface area contributed by atoms with Gasteiger partial charge >= 0.3 is 5.97 Å². The monoisotopic (exact) mass is 460 g/mol. The van der Waals surface area contributed by atoms with E-state index in [0.29, 0.717) is 10.8 Å². The molecule has 2 aromatic carbocycles. The average Bonchev–Trinajstić information content (AvgIpc) is 3.22. The van der Waals surface area contributed by atoms with Crippen molar-refractivity contribution < 1.29 is 28.4 Å². The van der Waals surface area contributed by atoms with E-state index in [0.717, 1.165) is 6.07 Å². The Bertz CT molecular complexity index is 1170. The Balaban J connectivity index is 1.73. The van der Waals surface area contributed by atoms with Crippen molar-refractivity contribution >= 4 is 35.0 Å². The molecule has 32 heavy (non-hydrogen) atoms. The number of hydrogen-bond acceptors (Lipinski definition) is 8. The second kappa shape index (κ2) is 9.92. The number of anilines is 1. The lowest BCUT2D eigenvalue weighted by Crippen LogP contribution is -2.22. The van der Waals surface area contributed by atoms with Crippen LogP contribution in [0, 0.1) is 15.9 Å². The van der Waals surface area contributed by atoms with Crippen molar-refractivity contribution in [3.8, 4) is 11.4 Å². The number of carbonyl (C=O) groups is 2. The van der Waals surface area contributed by atoms with Gasteiger partial charge in [0.1, 0.15) is 17.3 Å². The molecule has 10 nitrogen and oxygen atoms in total. The molecule has 3 aromatic rings. The summed E-state index contributed by atoms with van der Waals surface area (Å²) < 4.78 is 24.7. The van der Waals surface area contributed by atoms with Crippen LogP contribution in [0.2, 0.25) is 0 Å². The lowest BCUT2D eigenvalue weighted by atomic mass is 10.2. The molecule has 0 aliphatic rings. The van der Waals surface area contributed by atoms with E-state index < -0.39 is 29.2 Å². The number of nitrogens with zero attached hydrogens (tertiary/aromatic N) is 3. The van der Waals surface area contributed by atoms with Gasteiger partial charge in [-0.25, -0.2) is 14.2 Å².